The van der Waals surface area contributed by atoms with Crippen molar-refractivity contribution < 1.29 is 4.74 Å². The predicted octanol–water partition coefficient (Wildman–Crippen LogP) is 3.30. The molecule has 2 rings (SSSR count). The van der Waals surface area contributed by atoms with Crippen LogP contribution >= 0.6 is 0 Å². The molecule has 1 heterocycles. The number of hydrogen-bond donors (Lipinski definition) is 0. The van der Waals surface area contributed by atoms with Crippen LogP contribution in [0, 0.1) is 5.92 Å². The van der Waals surface area contributed by atoms with Crippen LogP contribution in [-0.4, -0.2) is 16.2 Å². The zero-order valence-electron chi connectivity index (χ0n) is 10.3. The minimum Gasteiger partial charge on any atom is -0.491 e. The van der Waals surface area contributed by atoms with Crippen molar-refractivity contribution in [2.75, 3.05) is 6.61 Å². The standard InChI is InChI=1S/C14H18N2O/c1-12(2)7-10-17-14-6-4-3-5-13(14)16-9-8-15-11-16/h3-6,8-9,11-12H,7,10H2,1-2H3. The smallest absolute Gasteiger partial charge is 0.143 e. The molecule has 90 valence electrons. The Morgan fingerprint density at radius 2 is 2.12 bits per heavy atom. The number of ether oxygens (including phenoxy) is 1. The molecular formula is C14H18N2O. The van der Waals surface area contributed by atoms with Gasteiger partial charge in [0.2, 0.25) is 0 Å². The Kier molecular flexibility index (Phi) is 3.81. The molecule has 1 aromatic carbocycles. The highest BCUT2D eigenvalue weighted by Gasteiger charge is 2.04. The van der Waals surface area contributed by atoms with E-state index in [1.54, 1.807) is 12.5 Å². The highest BCUT2D eigenvalue weighted by atomic mass is 16.5. The number of rotatable bonds is 5. The number of para-hydroxylation sites is 2. The summed E-state index contributed by atoms with van der Waals surface area (Å²) in [5.41, 5.74) is 1.04. The van der Waals surface area contributed by atoms with Crippen LogP contribution < -0.4 is 4.74 Å². The van der Waals surface area contributed by atoms with Crippen LogP contribution in [-0.2, 0) is 0 Å². The molecule has 0 bridgehead atoms. The Hall–Kier alpha value is -1.77. The van der Waals surface area contributed by atoms with Crippen LogP contribution in [0.4, 0.5) is 0 Å². The molecule has 0 saturated heterocycles. The molecule has 1 aromatic heterocycles. The van der Waals surface area contributed by atoms with E-state index in [1.807, 2.05) is 35.0 Å². The second kappa shape index (κ2) is 5.53. The molecule has 0 aliphatic rings. The lowest BCUT2D eigenvalue weighted by atomic mass is 10.1. The molecule has 0 radical (unpaired) electrons. The van der Waals surface area contributed by atoms with Crippen molar-refractivity contribution in [2.24, 2.45) is 5.92 Å². The van der Waals surface area contributed by atoms with Gasteiger partial charge in [0.15, 0.2) is 0 Å². The average molecular weight is 230 g/mol. The first-order valence-electron chi connectivity index (χ1n) is 5.97. The van der Waals surface area contributed by atoms with Gasteiger partial charge in [0.05, 0.1) is 18.6 Å². The van der Waals surface area contributed by atoms with Crippen molar-refractivity contribution in [3.8, 4) is 11.4 Å². The molecule has 0 N–H and O–H groups in total. The Bertz CT molecular complexity index is 449. The van der Waals surface area contributed by atoms with Gasteiger partial charge in [0.1, 0.15) is 5.75 Å². The van der Waals surface area contributed by atoms with Gasteiger partial charge < -0.3 is 9.30 Å². The second-order valence-electron chi connectivity index (χ2n) is 4.47. The van der Waals surface area contributed by atoms with E-state index in [4.69, 9.17) is 4.74 Å². The molecule has 17 heavy (non-hydrogen) atoms. The maximum absolute atomic E-state index is 5.82. The third-order valence-corrected chi connectivity index (χ3v) is 2.60. The summed E-state index contributed by atoms with van der Waals surface area (Å²) in [4.78, 5) is 4.06. The minimum absolute atomic E-state index is 0.662. The molecule has 0 saturated carbocycles. The van der Waals surface area contributed by atoms with Gasteiger partial charge in [0.25, 0.3) is 0 Å². The summed E-state index contributed by atoms with van der Waals surface area (Å²) in [6.45, 7) is 5.15. The first-order chi connectivity index (χ1) is 8.27. The number of nitrogens with zero attached hydrogens (tertiary/aromatic N) is 2. The first kappa shape index (κ1) is 11.7. The Balaban J connectivity index is 2.11. The van der Waals surface area contributed by atoms with E-state index in [9.17, 15) is 0 Å². The summed E-state index contributed by atoms with van der Waals surface area (Å²) < 4.78 is 7.79. The molecule has 0 amide bonds. The Morgan fingerprint density at radius 1 is 1.29 bits per heavy atom. The molecular weight excluding hydrogens is 212 g/mol. The van der Waals surface area contributed by atoms with E-state index in [-0.39, 0.29) is 0 Å². The highest BCUT2D eigenvalue weighted by Crippen LogP contribution is 2.22. The van der Waals surface area contributed by atoms with Crippen LogP contribution in [0.3, 0.4) is 0 Å². The SMILES string of the molecule is CC(C)CCOc1ccccc1-n1ccnc1. The Labute approximate surface area is 102 Å². The van der Waals surface area contributed by atoms with Gasteiger partial charge in [0, 0.05) is 12.4 Å². The summed E-state index contributed by atoms with van der Waals surface area (Å²) in [6.07, 6.45) is 6.54. The monoisotopic (exact) mass is 230 g/mol. The van der Waals surface area contributed by atoms with Crippen molar-refractivity contribution in [2.45, 2.75) is 20.3 Å². The molecule has 3 heteroatoms. The van der Waals surface area contributed by atoms with E-state index < -0.39 is 0 Å². The lowest BCUT2D eigenvalue weighted by Gasteiger charge is -2.12. The van der Waals surface area contributed by atoms with Gasteiger partial charge in [-0.2, -0.15) is 0 Å². The minimum atomic E-state index is 0.662. The van der Waals surface area contributed by atoms with Crippen molar-refractivity contribution in [3.05, 3.63) is 43.0 Å². The summed E-state index contributed by atoms with van der Waals surface area (Å²) in [5, 5.41) is 0. The maximum Gasteiger partial charge on any atom is 0.143 e. The molecule has 0 aliphatic carbocycles. The molecule has 0 aliphatic heterocycles. The molecule has 0 spiro atoms. The zero-order chi connectivity index (χ0) is 12.1. The summed E-state index contributed by atoms with van der Waals surface area (Å²) in [5.74, 6) is 1.57. The van der Waals surface area contributed by atoms with Gasteiger partial charge in [-0.15, -0.1) is 0 Å². The number of aromatic nitrogens is 2. The largest absolute Gasteiger partial charge is 0.491 e. The quantitative estimate of drug-likeness (QED) is 0.788. The fourth-order valence-corrected chi connectivity index (χ4v) is 1.60. The lowest BCUT2D eigenvalue weighted by molar-refractivity contribution is 0.289. The fourth-order valence-electron chi connectivity index (χ4n) is 1.60. The van der Waals surface area contributed by atoms with Crippen molar-refractivity contribution in [3.63, 3.8) is 0 Å². The van der Waals surface area contributed by atoms with E-state index >= 15 is 0 Å². The molecule has 0 unspecified atom stereocenters. The highest BCUT2D eigenvalue weighted by molar-refractivity contribution is 5.46. The number of hydrogen-bond acceptors (Lipinski definition) is 2. The molecule has 0 atom stereocenters. The first-order valence-corrected chi connectivity index (χ1v) is 5.97. The van der Waals surface area contributed by atoms with Crippen LogP contribution in [0.5, 0.6) is 5.75 Å². The topological polar surface area (TPSA) is 27.1 Å². The van der Waals surface area contributed by atoms with Crippen LogP contribution in [0.15, 0.2) is 43.0 Å². The van der Waals surface area contributed by atoms with Gasteiger partial charge in [-0.25, -0.2) is 4.98 Å². The van der Waals surface area contributed by atoms with Crippen molar-refractivity contribution >= 4 is 0 Å². The van der Waals surface area contributed by atoms with Crippen LogP contribution in [0.25, 0.3) is 5.69 Å². The van der Waals surface area contributed by atoms with Crippen LogP contribution in [0.1, 0.15) is 20.3 Å². The molecule has 3 nitrogen and oxygen atoms in total. The average Bonchev–Trinajstić information content (AvgIpc) is 2.82. The van der Waals surface area contributed by atoms with Gasteiger partial charge >= 0.3 is 0 Å². The normalized spacial score (nSPS) is 10.8. The van der Waals surface area contributed by atoms with E-state index in [2.05, 4.69) is 18.8 Å². The van der Waals surface area contributed by atoms with Crippen molar-refractivity contribution in [1.82, 2.24) is 9.55 Å². The molecule has 2 aromatic rings. The van der Waals surface area contributed by atoms with E-state index in [1.165, 1.54) is 0 Å². The predicted molar refractivity (Wildman–Crippen MR) is 68.5 cm³/mol. The summed E-state index contributed by atoms with van der Waals surface area (Å²) >= 11 is 0. The third kappa shape index (κ3) is 3.09. The summed E-state index contributed by atoms with van der Waals surface area (Å²) in [7, 11) is 0. The van der Waals surface area contributed by atoms with Gasteiger partial charge in [-0.05, 0) is 24.5 Å². The van der Waals surface area contributed by atoms with Gasteiger partial charge in [-0.3, -0.25) is 0 Å². The van der Waals surface area contributed by atoms with E-state index in [0.29, 0.717) is 5.92 Å². The van der Waals surface area contributed by atoms with E-state index in [0.717, 1.165) is 24.5 Å². The molecule has 0 fully saturated rings. The maximum atomic E-state index is 5.82. The third-order valence-electron chi connectivity index (χ3n) is 2.60. The second-order valence-corrected chi connectivity index (χ2v) is 4.47. The number of imidazole rings is 1. The number of benzene rings is 1. The van der Waals surface area contributed by atoms with Crippen molar-refractivity contribution in [1.29, 1.82) is 0 Å². The summed E-state index contributed by atoms with van der Waals surface area (Å²) in [6, 6.07) is 8.03. The lowest BCUT2D eigenvalue weighted by Crippen LogP contribution is -2.04. The van der Waals surface area contributed by atoms with Crippen LogP contribution in [0.2, 0.25) is 0 Å². The zero-order valence-corrected chi connectivity index (χ0v) is 10.3. The Morgan fingerprint density at radius 3 is 2.82 bits per heavy atom. The fraction of sp³-hybridized carbons (Fsp3) is 0.357. The van der Waals surface area contributed by atoms with Gasteiger partial charge in [-0.1, -0.05) is 26.0 Å².